The molecule has 0 saturated heterocycles. The Labute approximate surface area is 224 Å². The van der Waals surface area contributed by atoms with E-state index < -0.39 is 6.04 Å². The third-order valence-corrected chi connectivity index (χ3v) is 8.11. The van der Waals surface area contributed by atoms with Gasteiger partial charge in [0.1, 0.15) is 28.2 Å². The summed E-state index contributed by atoms with van der Waals surface area (Å²) >= 11 is 1.62. The molecular weight excluding hydrogens is 494 g/mol. The van der Waals surface area contributed by atoms with Crippen LogP contribution < -0.4 is 15.6 Å². The number of anilines is 1. The minimum Gasteiger partial charge on any atom is -0.457 e. The number of rotatable bonds is 6. The summed E-state index contributed by atoms with van der Waals surface area (Å²) in [6.07, 6.45) is 4.07. The van der Waals surface area contributed by atoms with Crippen LogP contribution in [0.1, 0.15) is 36.2 Å². The number of amides is 1. The van der Waals surface area contributed by atoms with Crippen LogP contribution in [0.5, 0.6) is 11.5 Å². The fourth-order valence-electron chi connectivity index (χ4n) is 4.96. The largest absolute Gasteiger partial charge is 0.457 e. The van der Waals surface area contributed by atoms with Gasteiger partial charge in [0.25, 0.3) is 5.56 Å². The van der Waals surface area contributed by atoms with Crippen LogP contribution in [0, 0.1) is 0 Å². The molecule has 1 atom stereocenters. The molecule has 0 bridgehead atoms. The predicted molar refractivity (Wildman–Crippen MR) is 152 cm³/mol. The van der Waals surface area contributed by atoms with Gasteiger partial charge in [-0.3, -0.25) is 14.2 Å². The molecule has 0 aliphatic heterocycles. The number of para-hydroxylation sites is 1. The number of nitrogens with one attached hydrogen (secondary N) is 1. The fourth-order valence-corrected chi connectivity index (χ4v) is 6.21. The molecule has 6 rings (SSSR count). The highest BCUT2D eigenvalue weighted by molar-refractivity contribution is 7.18. The molecular formula is C31H27N3O3S. The van der Waals surface area contributed by atoms with E-state index in [1.165, 1.54) is 4.88 Å². The molecule has 1 amide bonds. The number of benzene rings is 3. The number of hydrogen-bond donors (Lipinski definition) is 1. The van der Waals surface area contributed by atoms with Crippen molar-refractivity contribution in [3.63, 3.8) is 0 Å². The number of thiophene rings is 1. The van der Waals surface area contributed by atoms with E-state index in [-0.39, 0.29) is 11.5 Å². The summed E-state index contributed by atoms with van der Waals surface area (Å²) in [5.74, 6) is 1.63. The molecule has 2 aromatic heterocycles. The highest BCUT2D eigenvalue weighted by Gasteiger charge is 2.27. The molecule has 1 unspecified atom stereocenters. The molecule has 0 radical (unpaired) electrons. The molecule has 6 nitrogen and oxygen atoms in total. The molecule has 190 valence electrons. The maximum absolute atomic E-state index is 14.0. The van der Waals surface area contributed by atoms with E-state index in [2.05, 4.69) is 5.32 Å². The van der Waals surface area contributed by atoms with E-state index in [0.29, 0.717) is 22.6 Å². The van der Waals surface area contributed by atoms with Gasteiger partial charge in [-0.25, -0.2) is 4.98 Å². The monoisotopic (exact) mass is 521 g/mol. The van der Waals surface area contributed by atoms with Gasteiger partial charge in [0.15, 0.2) is 0 Å². The maximum Gasteiger partial charge on any atom is 0.263 e. The van der Waals surface area contributed by atoms with Crippen molar-refractivity contribution in [2.24, 2.45) is 0 Å². The molecule has 0 spiro atoms. The van der Waals surface area contributed by atoms with Gasteiger partial charge in [-0.05, 0) is 74.6 Å². The second-order valence-corrected chi connectivity index (χ2v) is 10.6. The Bertz CT molecular complexity index is 1660. The van der Waals surface area contributed by atoms with Crippen molar-refractivity contribution in [3.05, 3.63) is 106 Å². The van der Waals surface area contributed by atoms with Gasteiger partial charge in [-0.1, -0.05) is 48.5 Å². The van der Waals surface area contributed by atoms with Gasteiger partial charge in [0.2, 0.25) is 5.91 Å². The van der Waals surface area contributed by atoms with Crippen LogP contribution in [0.15, 0.2) is 89.7 Å². The Morgan fingerprint density at radius 1 is 0.921 bits per heavy atom. The van der Waals surface area contributed by atoms with Gasteiger partial charge in [-0.2, -0.15) is 0 Å². The van der Waals surface area contributed by atoms with Crippen LogP contribution in [0.4, 0.5) is 5.69 Å². The second kappa shape index (κ2) is 10.3. The van der Waals surface area contributed by atoms with Crippen molar-refractivity contribution in [1.82, 2.24) is 9.55 Å². The van der Waals surface area contributed by atoms with Crippen molar-refractivity contribution in [1.29, 1.82) is 0 Å². The van der Waals surface area contributed by atoms with E-state index in [4.69, 9.17) is 9.72 Å². The molecule has 5 aromatic rings. The summed E-state index contributed by atoms with van der Waals surface area (Å²) in [5.41, 5.74) is 2.39. The van der Waals surface area contributed by atoms with Crippen LogP contribution in [0.3, 0.4) is 0 Å². The first kappa shape index (κ1) is 24.1. The lowest BCUT2D eigenvalue weighted by Gasteiger charge is -2.20. The standard InChI is InChI=1S/C31H27N3O3S/c1-20(29(35)32-22-16-18-24(19-17-22)37-23-12-6-3-7-13-23)34-28(21-10-4-2-5-11-21)33-30-27(31(34)36)25-14-8-9-15-26(25)38-30/h2-7,10-13,16-20H,8-9,14-15H2,1H3,(H,32,35). The van der Waals surface area contributed by atoms with Crippen molar-refractivity contribution >= 4 is 33.1 Å². The summed E-state index contributed by atoms with van der Waals surface area (Å²) in [4.78, 5) is 34.4. The topological polar surface area (TPSA) is 73.2 Å². The predicted octanol–water partition coefficient (Wildman–Crippen LogP) is 7.00. The lowest BCUT2D eigenvalue weighted by atomic mass is 9.97. The van der Waals surface area contributed by atoms with E-state index in [1.807, 2.05) is 60.7 Å². The van der Waals surface area contributed by atoms with Crippen LogP contribution in [-0.4, -0.2) is 15.5 Å². The van der Waals surface area contributed by atoms with Gasteiger partial charge >= 0.3 is 0 Å². The third-order valence-electron chi connectivity index (χ3n) is 6.92. The summed E-state index contributed by atoms with van der Waals surface area (Å²) in [7, 11) is 0. The van der Waals surface area contributed by atoms with Gasteiger partial charge in [0.05, 0.1) is 5.39 Å². The average Bonchev–Trinajstić information content (AvgIpc) is 3.33. The Hall–Kier alpha value is -4.23. The van der Waals surface area contributed by atoms with Crippen LogP contribution in [-0.2, 0) is 17.6 Å². The van der Waals surface area contributed by atoms with Gasteiger partial charge in [0, 0.05) is 16.1 Å². The highest BCUT2D eigenvalue weighted by Crippen LogP contribution is 2.35. The minimum atomic E-state index is -0.769. The number of ether oxygens (including phenoxy) is 1. The number of aryl methyl sites for hydroxylation is 2. The lowest BCUT2D eigenvalue weighted by Crippen LogP contribution is -2.33. The van der Waals surface area contributed by atoms with Crippen molar-refractivity contribution in [2.75, 3.05) is 5.32 Å². The molecule has 7 heteroatoms. The quantitative estimate of drug-likeness (QED) is 0.261. The first-order chi connectivity index (χ1) is 18.6. The average molecular weight is 522 g/mol. The molecule has 1 aliphatic rings. The first-order valence-electron chi connectivity index (χ1n) is 12.8. The molecule has 1 N–H and O–H groups in total. The third kappa shape index (κ3) is 4.61. The van der Waals surface area contributed by atoms with Crippen molar-refractivity contribution in [3.8, 4) is 22.9 Å². The van der Waals surface area contributed by atoms with Crippen molar-refractivity contribution < 1.29 is 9.53 Å². The van der Waals surface area contributed by atoms with Crippen LogP contribution in [0.2, 0.25) is 0 Å². The second-order valence-electron chi connectivity index (χ2n) is 9.47. The smallest absolute Gasteiger partial charge is 0.263 e. The summed E-state index contributed by atoms with van der Waals surface area (Å²) in [5, 5.41) is 3.63. The lowest BCUT2D eigenvalue weighted by molar-refractivity contribution is -0.118. The maximum atomic E-state index is 14.0. The number of hydrogen-bond acceptors (Lipinski definition) is 5. The number of carbonyl (C=O) groups excluding carboxylic acids is 1. The minimum absolute atomic E-state index is 0.150. The number of nitrogens with zero attached hydrogens (tertiary/aromatic N) is 2. The van der Waals surface area contributed by atoms with Gasteiger partial charge in [-0.15, -0.1) is 11.3 Å². The first-order valence-corrected chi connectivity index (χ1v) is 13.7. The fraction of sp³-hybridized carbons (Fsp3) is 0.194. The number of carbonyl (C=O) groups is 1. The van der Waals surface area contributed by atoms with E-state index >= 15 is 0 Å². The Balaban J connectivity index is 1.33. The zero-order valence-corrected chi connectivity index (χ0v) is 21.8. The highest BCUT2D eigenvalue weighted by atomic mass is 32.1. The number of fused-ring (bicyclic) bond motifs is 3. The van der Waals surface area contributed by atoms with E-state index in [1.54, 1.807) is 47.1 Å². The van der Waals surface area contributed by atoms with E-state index in [0.717, 1.165) is 47.4 Å². The number of aromatic nitrogens is 2. The molecule has 38 heavy (non-hydrogen) atoms. The Kier molecular flexibility index (Phi) is 6.52. The summed E-state index contributed by atoms with van der Waals surface area (Å²) in [6.45, 7) is 1.75. The molecule has 0 fully saturated rings. The van der Waals surface area contributed by atoms with Crippen molar-refractivity contribution in [2.45, 2.75) is 38.6 Å². The molecule has 1 aliphatic carbocycles. The molecule has 3 aromatic carbocycles. The van der Waals surface area contributed by atoms with Gasteiger partial charge < -0.3 is 10.1 Å². The zero-order valence-electron chi connectivity index (χ0n) is 21.0. The Morgan fingerprint density at radius 2 is 1.58 bits per heavy atom. The molecule has 0 saturated carbocycles. The Morgan fingerprint density at radius 3 is 2.32 bits per heavy atom. The summed E-state index contributed by atoms with van der Waals surface area (Å²) in [6, 6.07) is 25.6. The molecule has 2 heterocycles. The summed E-state index contributed by atoms with van der Waals surface area (Å²) < 4.78 is 7.41. The van der Waals surface area contributed by atoms with Crippen LogP contribution in [0.25, 0.3) is 21.6 Å². The van der Waals surface area contributed by atoms with Crippen LogP contribution >= 0.6 is 11.3 Å². The van der Waals surface area contributed by atoms with E-state index in [9.17, 15) is 9.59 Å². The SMILES string of the molecule is CC(C(=O)Nc1ccc(Oc2ccccc2)cc1)n1c(-c2ccccc2)nc2sc3c(c2c1=O)CCCC3. The zero-order chi connectivity index (χ0) is 26.1. The normalized spacial score (nSPS) is 13.6.